The van der Waals surface area contributed by atoms with Crippen molar-refractivity contribution in [3.05, 3.63) is 63.8 Å². The molecule has 0 N–H and O–H groups in total. The Morgan fingerprint density at radius 3 is 2.34 bits per heavy atom. The van der Waals surface area contributed by atoms with Gasteiger partial charge in [0, 0.05) is 37.3 Å². The Bertz CT molecular complexity index is 1200. The van der Waals surface area contributed by atoms with Crippen LogP contribution in [0.5, 0.6) is 11.5 Å². The minimum absolute atomic E-state index is 0.0327. The van der Waals surface area contributed by atoms with Gasteiger partial charge in [-0.25, -0.2) is 9.18 Å². The van der Waals surface area contributed by atoms with Gasteiger partial charge in [0.15, 0.2) is 11.3 Å². The van der Waals surface area contributed by atoms with Crippen molar-refractivity contribution in [1.29, 1.82) is 0 Å². The number of carbonyl (C=O) groups is 1. The molecule has 0 saturated carbocycles. The zero-order valence-corrected chi connectivity index (χ0v) is 18.3. The topological polar surface area (TPSA) is 72.2 Å². The summed E-state index contributed by atoms with van der Waals surface area (Å²) in [4.78, 5) is 29.5. The second kappa shape index (κ2) is 8.90. The number of hydrogen-bond donors (Lipinski definition) is 0. The minimum atomic E-state index is -0.556. The van der Waals surface area contributed by atoms with Gasteiger partial charge in [-0.3, -0.25) is 4.79 Å². The zero-order chi connectivity index (χ0) is 22.8. The van der Waals surface area contributed by atoms with Gasteiger partial charge >= 0.3 is 5.63 Å². The SMILES string of the molecule is COc1ccc2c(C)c(CC(=O)N3CCN(c4ccc(F)cc4)CC3)c(=O)oc2c1OC. The quantitative estimate of drug-likeness (QED) is 0.568. The molecule has 2 heterocycles. The van der Waals surface area contributed by atoms with Crippen LogP contribution in [0.25, 0.3) is 11.0 Å². The fraction of sp³-hybridized carbons (Fsp3) is 0.333. The first-order chi connectivity index (χ1) is 15.4. The normalized spacial score (nSPS) is 14.0. The molecule has 2 aromatic carbocycles. The fourth-order valence-electron chi connectivity index (χ4n) is 4.10. The molecule has 168 valence electrons. The number of carbonyl (C=O) groups excluding carboxylic acids is 1. The molecule has 3 aromatic rings. The number of rotatable bonds is 5. The van der Waals surface area contributed by atoms with Gasteiger partial charge in [-0.1, -0.05) is 0 Å². The van der Waals surface area contributed by atoms with E-state index < -0.39 is 5.63 Å². The average molecular weight is 440 g/mol. The maximum absolute atomic E-state index is 13.2. The van der Waals surface area contributed by atoms with Crippen molar-refractivity contribution in [2.75, 3.05) is 45.3 Å². The molecule has 1 aliphatic rings. The van der Waals surface area contributed by atoms with Crippen LogP contribution in [0.1, 0.15) is 11.1 Å². The summed E-state index contributed by atoms with van der Waals surface area (Å²) in [7, 11) is 2.99. The van der Waals surface area contributed by atoms with Crippen LogP contribution >= 0.6 is 0 Å². The fourth-order valence-corrected chi connectivity index (χ4v) is 4.10. The third kappa shape index (κ3) is 4.00. The molecule has 0 radical (unpaired) electrons. The highest BCUT2D eigenvalue weighted by atomic mass is 19.1. The van der Waals surface area contributed by atoms with Crippen LogP contribution < -0.4 is 20.0 Å². The van der Waals surface area contributed by atoms with Crippen molar-refractivity contribution in [3.63, 3.8) is 0 Å². The number of benzene rings is 2. The number of methoxy groups -OCH3 is 2. The van der Waals surface area contributed by atoms with Gasteiger partial charge in [-0.2, -0.15) is 0 Å². The molecule has 8 heteroatoms. The lowest BCUT2D eigenvalue weighted by Gasteiger charge is -2.36. The highest BCUT2D eigenvalue weighted by Gasteiger charge is 2.25. The summed E-state index contributed by atoms with van der Waals surface area (Å²) in [5.74, 6) is 0.410. The number of fused-ring (bicyclic) bond motifs is 1. The standard InChI is InChI=1S/C24H25FN2O5/c1-15-18-8-9-20(30-2)23(31-3)22(18)32-24(29)19(15)14-21(28)27-12-10-26(11-13-27)17-6-4-16(25)5-7-17/h4-9H,10-14H2,1-3H3. The monoisotopic (exact) mass is 440 g/mol. The Kier molecular flexibility index (Phi) is 6.03. The third-order valence-corrected chi connectivity index (χ3v) is 5.95. The summed E-state index contributed by atoms with van der Waals surface area (Å²) in [5, 5.41) is 0.700. The van der Waals surface area contributed by atoms with E-state index in [2.05, 4.69) is 4.90 Å². The largest absolute Gasteiger partial charge is 0.493 e. The van der Waals surface area contributed by atoms with Crippen LogP contribution in [0.3, 0.4) is 0 Å². The van der Waals surface area contributed by atoms with Crippen LogP contribution in [-0.2, 0) is 11.2 Å². The van der Waals surface area contributed by atoms with Crippen LogP contribution in [-0.4, -0.2) is 51.2 Å². The summed E-state index contributed by atoms with van der Waals surface area (Å²) < 4.78 is 29.3. The van der Waals surface area contributed by atoms with Crippen LogP contribution in [0.2, 0.25) is 0 Å². The second-order valence-electron chi connectivity index (χ2n) is 7.69. The number of anilines is 1. The lowest BCUT2D eigenvalue weighted by molar-refractivity contribution is -0.130. The molecule has 7 nitrogen and oxygen atoms in total. The van der Waals surface area contributed by atoms with E-state index >= 15 is 0 Å². The van der Waals surface area contributed by atoms with E-state index in [1.54, 1.807) is 36.1 Å². The molecule has 1 amide bonds. The van der Waals surface area contributed by atoms with Crippen molar-refractivity contribution in [1.82, 2.24) is 4.90 Å². The summed E-state index contributed by atoms with van der Waals surface area (Å²) in [6, 6.07) is 9.87. The Morgan fingerprint density at radius 2 is 1.72 bits per heavy atom. The number of ether oxygens (including phenoxy) is 2. The van der Waals surface area contributed by atoms with Crippen molar-refractivity contribution in [2.24, 2.45) is 0 Å². The van der Waals surface area contributed by atoms with E-state index in [0.717, 1.165) is 5.69 Å². The summed E-state index contributed by atoms with van der Waals surface area (Å²) in [6.07, 6.45) is -0.0327. The zero-order valence-electron chi connectivity index (χ0n) is 18.3. The molecular weight excluding hydrogens is 415 g/mol. The highest BCUT2D eigenvalue weighted by molar-refractivity contribution is 5.90. The predicted octanol–water partition coefficient (Wildman–Crippen LogP) is 3.15. The van der Waals surface area contributed by atoms with Crippen LogP contribution in [0, 0.1) is 12.7 Å². The number of nitrogens with zero attached hydrogens (tertiary/aromatic N) is 2. The Morgan fingerprint density at radius 1 is 1.03 bits per heavy atom. The Balaban J connectivity index is 1.52. The molecule has 4 rings (SSSR count). The number of halogens is 1. The number of amides is 1. The summed E-state index contributed by atoms with van der Waals surface area (Å²) >= 11 is 0. The van der Waals surface area contributed by atoms with E-state index in [4.69, 9.17) is 13.9 Å². The molecule has 0 unspecified atom stereocenters. The highest BCUT2D eigenvalue weighted by Crippen LogP contribution is 2.36. The minimum Gasteiger partial charge on any atom is -0.493 e. The molecular formula is C24H25FN2O5. The first-order valence-corrected chi connectivity index (χ1v) is 10.4. The molecule has 0 spiro atoms. The average Bonchev–Trinajstić information content (AvgIpc) is 2.81. The van der Waals surface area contributed by atoms with Gasteiger partial charge in [-0.15, -0.1) is 0 Å². The number of piperazine rings is 1. The van der Waals surface area contributed by atoms with Gasteiger partial charge in [0.25, 0.3) is 0 Å². The van der Waals surface area contributed by atoms with Gasteiger partial charge in [0.05, 0.1) is 26.2 Å². The molecule has 32 heavy (non-hydrogen) atoms. The lowest BCUT2D eigenvalue weighted by atomic mass is 10.0. The summed E-state index contributed by atoms with van der Waals surface area (Å²) in [5.41, 5.74) is 1.71. The smallest absolute Gasteiger partial charge is 0.340 e. The number of aryl methyl sites for hydroxylation is 1. The first kappa shape index (κ1) is 21.7. The van der Waals surface area contributed by atoms with E-state index in [1.807, 2.05) is 0 Å². The van der Waals surface area contributed by atoms with Gasteiger partial charge in [0.2, 0.25) is 11.7 Å². The molecule has 1 aliphatic heterocycles. The van der Waals surface area contributed by atoms with Crippen molar-refractivity contribution >= 4 is 22.6 Å². The first-order valence-electron chi connectivity index (χ1n) is 10.4. The number of hydrogen-bond acceptors (Lipinski definition) is 6. The van der Waals surface area contributed by atoms with Crippen molar-refractivity contribution < 1.29 is 23.1 Å². The molecule has 1 saturated heterocycles. The molecule has 0 aliphatic carbocycles. The van der Waals surface area contributed by atoms with Crippen molar-refractivity contribution in [2.45, 2.75) is 13.3 Å². The van der Waals surface area contributed by atoms with Crippen molar-refractivity contribution in [3.8, 4) is 11.5 Å². The van der Waals surface area contributed by atoms with E-state index in [-0.39, 0.29) is 18.1 Å². The van der Waals surface area contributed by atoms with Gasteiger partial charge < -0.3 is 23.7 Å². The predicted molar refractivity (Wildman–Crippen MR) is 119 cm³/mol. The van der Waals surface area contributed by atoms with Gasteiger partial charge in [0.1, 0.15) is 5.82 Å². The lowest BCUT2D eigenvalue weighted by Crippen LogP contribution is -2.49. The molecule has 1 aromatic heterocycles. The van der Waals surface area contributed by atoms with E-state index in [1.165, 1.54) is 26.4 Å². The van der Waals surface area contributed by atoms with E-state index in [9.17, 15) is 14.0 Å². The Hall–Kier alpha value is -3.55. The maximum Gasteiger partial charge on any atom is 0.340 e. The van der Waals surface area contributed by atoms with Gasteiger partial charge in [-0.05, 0) is 48.9 Å². The molecule has 0 atom stereocenters. The van der Waals surface area contributed by atoms with Crippen LogP contribution in [0.15, 0.2) is 45.6 Å². The maximum atomic E-state index is 13.2. The summed E-state index contributed by atoms with van der Waals surface area (Å²) in [6.45, 7) is 4.14. The second-order valence-corrected chi connectivity index (χ2v) is 7.69. The van der Waals surface area contributed by atoms with Crippen LogP contribution in [0.4, 0.5) is 10.1 Å². The molecule has 0 bridgehead atoms. The Labute approximate surface area is 184 Å². The molecule has 1 fully saturated rings. The van der Waals surface area contributed by atoms with E-state index in [0.29, 0.717) is 59.8 Å². The third-order valence-electron chi connectivity index (χ3n) is 5.95.